The van der Waals surface area contributed by atoms with Crippen molar-refractivity contribution >= 4 is 11.9 Å². The molecule has 0 atom stereocenters. The molecule has 4 heteroatoms. The average molecular weight is 323 g/mol. The zero-order valence-corrected chi connectivity index (χ0v) is 13.8. The molecule has 124 valence electrons. The van der Waals surface area contributed by atoms with Crippen LogP contribution in [-0.2, 0) is 4.79 Å². The highest BCUT2D eigenvalue weighted by atomic mass is 16.5. The Labute approximate surface area is 142 Å². The lowest BCUT2D eigenvalue weighted by Gasteiger charge is -2.31. The SMILES string of the molecule is Cc1ccccc1C(=O)N1CCC(C(=O)Oc2ccccc2)CC1. The van der Waals surface area contributed by atoms with Gasteiger partial charge >= 0.3 is 5.97 Å². The van der Waals surface area contributed by atoms with Crippen molar-refractivity contribution in [1.82, 2.24) is 4.90 Å². The van der Waals surface area contributed by atoms with E-state index < -0.39 is 0 Å². The van der Waals surface area contributed by atoms with Gasteiger partial charge in [-0.3, -0.25) is 9.59 Å². The Morgan fingerprint density at radius 1 is 0.958 bits per heavy atom. The lowest BCUT2D eigenvalue weighted by atomic mass is 9.96. The molecule has 1 amide bonds. The van der Waals surface area contributed by atoms with Crippen LogP contribution in [0.15, 0.2) is 54.6 Å². The second-order valence-corrected chi connectivity index (χ2v) is 6.12. The Morgan fingerprint density at radius 2 is 1.58 bits per heavy atom. The molecule has 4 nitrogen and oxygen atoms in total. The van der Waals surface area contributed by atoms with Crippen LogP contribution in [0, 0.1) is 12.8 Å². The Bertz CT molecular complexity index is 719. The quantitative estimate of drug-likeness (QED) is 0.642. The molecule has 1 aliphatic rings. The van der Waals surface area contributed by atoms with Gasteiger partial charge in [0.25, 0.3) is 5.91 Å². The van der Waals surface area contributed by atoms with Crippen LogP contribution >= 0.6 is 0 Å². The van der Waals surface area contributed by atoms with Gasteiger partial charge in [0.05, 0.1) is 5.92 Å². The van der Waals surface area contributed by atoms with E-state index in [1.54, 1.807) is 12.1 Å². The number of para-hydroxylation sites is 1. The Hall–Kier alpha value is -2.62. The van der Waals surface area contributed by atoms with Crippen molar-refractivity contribution in [2.24, 2.45) is 5.92 Å². The standard InChI is InChI=1S/C20H21NO3/c1-15-7-5-6-10-18(15)19(22)21-13-11-16(12-14-21)20(23)24-17-8-3-2-4-9-17/h2-10,16H,11-14H2,1H3. The molecule has 0 N–H and O–H groups in total. The second-order valence-electron chi connectivity index (χ2n) is 6.12. The zero-order valence-electron chi connectivity index (χ0n) is 13.8. The summed E-state index contributed by atoms with van der Waals surface area (Å²) in [5.74, 6) is 0.263. The van der Waals surface area contributed by atoms with Crippen molar-refractivity contribution in [3.63, 3.8) is 0 Å². The van der Waals surface area contributed by atoms with E-state index in [0.29, 0.717) is 31.7 Å². The fourth-order valence-corrected chi connectivity index (χ4v) is 2.99. The number of carbonyl (C=O) groups excluding carboxylic acids is 2. The van der Waals surface area contributed by atoms with Gasteiger partial charge in [0.2, 0.25) is 0 Å². The first kappa shape index (κ1) is 16.2. The normalized spacial score (nSPS) is 15.1. The molecule has 2 aromatic rings. The number of nitrogens with zero attached hydrogens (tertiary/aromatic N) is 1. The van der Waals surface area contributed by atoms with Crippen LogP contribution in [0.3, 0.4) is 0 Å². The number of benzene rings is 2. The van der Waals surface area contributed by atoms with Gasteiger partial charge < -0.3 is 9.64 Å². The number of likely N-dealkylation sites (tertiary alicyclic amines) is 1. The Morgan fingerprint density at radius 3 is 2.25 bits per heavy atom. The van der Waals surface area contributed by atoms with E-state index >= 15 is 0 Å². The van der Waals surface area contributed by atoms with Crippen LogP contribution in [0.4, 0.5) is 0 Å². The fraction of sp³-hybridized carbons (Fsp3) is 0.300. The maximum absolute atomic E-state index is 12.6. The van der Waals surface area contributed by atoms with Crippen molar-refractivity contribution in [1.29, 1.82) is 0 Å². The van der Waals surface area contributed by atoms with E-state index in [1.807, 2.05) is 54.3 Å². The number of piperidine rings is 1. The number of amides is 1. The lowest BCUT2D eigenvalue weighted by Crippen LogP contribution is -2.41. The van der Waals surface area contributed by atoms with Crippen LogP contribution in [0.25, 0.3) is 0 Å². The van der Waals surface area contributed by atoms with Gasteiger partial charge in [0.15, 0.2) is 0 Å². The maximum atomic E-state index is 12.6. The summed E-state index contributed by atoms with van der Waals surface area (Å²) in [7, 11) is 0. The lowest BCUT2D eigenvalue weighted by molar-refractivity contribution is -0.140. The molecule has 0 aromatic heterocycles. The van der Waals surface area contributed by atoms with Gasteiger partial charge in [-0.25, -0.2) is 0 Å². The molecule has 0 saturated carbocycles. The molecule has 1 saturated heterocycles. The summed E-state index contributed by atoms with van der Waals surface area (Å²) in [4.78, 5) is 26.7. The third kappa shape index (κ3) is 3.65. The topological polar surface area (TPSA) is 46.6 Å². The van der Waals surface area contributed by atoms with Crippen LogP contribution in [0.1, 0.15) is 28.8 Å². The van der Waals surface area contributed by atoms with E-state index in [1.165, 1.54) is 0 Å². The Balaban J connectivity index is 1.57. The summed E-state index contributed by atoms with van der Waals surface area (Å²) < 4.78 is 5.41. The minimum atomic E-state index is -0.204. The third-order valence-electron chi connectivity index (χ3n) is 4.45. The first-order valence-corrected chi connectivity index (χ1v) is 8.27. The molecule has 1 fully saturated rings. The minimum Gasteiger partial charge on any atom is -0.426 e. The molecule has 1 aliphatic heterocycles. The highest BCUT2D eigenvalue weighted by Crippen LogP contribution is 2.22. The van der Waals surface area contributed by atoms with Gasteiger partial charge in [-0.05, 0) is 43.5 Å². The smallest absolute Gasteiger partial charge is 0.314 e. The van der Waals surface area contributed by atoms with E-state index in [0.717, 1.165) is 11.1 Å². The average Bonchev–Trinajstić information content (AvgIpc) is 2.62. The summed E-state index contributed by atoms with van der Waals surface area (Å²) in [6, 6.07) is 16.7. The van der Waals surface area contributed by atoms with E-state index in [2.05, 4.69) is 0 Å². The number of carbonyl (C=O) groups is 2. The molecular formula is C20H21NO3. The molecular weight excluding hydrogens is 302 g/mol. The van der Waals surface area contributed by atoms with Crippen LogP contribution in [0.2, 0.25) is 0 Å². The van der Waals surface area contributed by atoms with Crippen LogP contribution < -0.4 is 4.74 Å². The summed E-state index contributed by atoms with van der Waals surface area (Å²) >= 11 is 0. The molecule has 0 spiro atoms. The molecule has 0 bridgehead atoms. The van der Waals surface area contributed by atoms with Gasteiger partial charge in [-0.1, -0.05) is 36.4 Å². The molecule has 1 heterocycles. The fourth-order valence-electron chi connectivity index (χ4n) is 2.99. The van der Waals surface area contributed by atoms with Crippen molar-refractivity contribution in [2.75, 3.05) is 13.1 Å². The highest BCUT2D eigenvalue weighted by molar-refractivity contribution is 5.95. The number of hydrogen-bond acceptors (Lipinski definition) is 3. The van der Waals surface area contributed by atoms with Crippen molar-refractivity contribution in [2.45, 2.75) is 19.8 Å². The highest BCUT2D eigenvalue weighted by Gasteiger charge is 2.29. The van der Waals surface area contributed by atoms with Gasteiger partial charge in [-0.15, -0.1) is 0 Å². The van der Waals surface area contributed by atoms with Crippen LogP contribution in [-0.4, -0.2) is 29.9 Å². The molecule has 24 heavy (non-hydrogen) atoms. The molecule has 2 aromatic carbocycles. The van der Waals surface area contributed by atoms with Crippen LogP contribution in [0.5, 0.6) is 5.75 Å². The monoisotopic (exact) mass is 323 g/mol. The first-order valence-electron chi connectivity index (χ1n) is 8.27. The van der Waals surface area contributed by atoms with Gasteiger partial charge in [0, 0.05) is 18.7 Å². The van der Waals surface area contributed by atoms with E-state index in [4.69, 9.17) is 4.74 Å². The largest absolute Gasteiger partial charge is 0.426 e. The number of rotatable bonds is 3. The van der Waals surface area contributed by atoms with E-state index in [-0.39, 0.29) is 17.8 Å². The Kier molecular flexibility index (Phi) is 4.94. The zero-order chi connectivity index (χ0) is 16.9. The van der Waals surface area contributed by atoms with E-state index in [9.17, 15) is 9.59 Å². The predicted octanol–water partition coefficient (Wildman–Crippen LogP) is 3.45. The number of aryl methyl sites for hydroxylation is 1. The third-order valence-corrected chi connectivity index (χ3v) is 4.45. The number of ether oxygens (including phenoxy) is 1. The molecule has 3 rings (SSSR count). The number of esters is 1. The summed E-state index contributed by atoms with van der Waals surface area (Å²) in [5.41, 5.74) is 1.72. The summed E-state index contributed by atoms with van der Waals surface area (Å²) in [5, 5.41) is 0. The van der Waals surface area contributed by atoms with Gasteiger partial charge in [-0.2, -0.15) is 0 Å². The van der Waals surface area contributed by atoms with Crippen molar-refractivity contribution < 1.29 is 14.3 Å². The molecule has 0 radical (unpaired) electrons. The maximum Gasteiger partial charge on any atom is 0.314 e. The minimum absolute atomic E-state index is 0.0444. The van der Waals surface area contributed by atoms with Crippen molar-refractivity contribution in [3.05, 3.63) is 65.7 Å². The van der Waals surface area contributed by atoms with Crippen molar-refractivity contribution in [3.8, 4) is 5.75 Å². The first-order chi connectivity index (χ1) is 11.6. The predicted molar refractivity (Wildman–Crippen MR) is 91.9 cm³/mol. The second kappa shape index (κ2) is 7.30. The summed E-state index contributed by atoms with van der Waals surface area (Å²) in [6.07, 6.45) is 1.28. The van der Waals surface area contributed by atoms with Gasteiger partial charge in [0.1, 0.15) is 5.75 Å². The summed E-state index contributed by atoms with van der Waals surface area (Å²) in [6.45, 7) is 3.11. The number of hydrogen-bond donors (Lipinski definition) is 0. The molecule has 0 unspecified atom stereocenters. The molecule has 0 aliphatic carbocycles.